The van der Waals surface area contributed by atoms with E-state index in [0.29, 0.717) is 0 Å². The molecule has 1 saturated carbocycles. The normalized spacial score (nSPS) is 35.5. The maximum atomic E-state index is 9.96. The lowest BCUT2D eigenvalue weighted by molar-refractivity contribution is -0.0192. The first-order chi connectivity index (χ1) is 8.53. The Morgan fingerprint density at radius 2 is 1.89 bits per heavy atom. The van der Waals surface area contributed by atoms with Crippen LogP contribution in [0.1, 0.15) is 46.0 Å². The molecule has 0 spiro atoms. The van der Waals surface area contributed by atoms with Gasteiger partial charge in [-0.05, 0) is 65.0 Å². The highest BCUT2D eigenvalue weighted by atomic mass is 16.3. The molecule has 0 aromatic carbocycles. The second kappa shape index (κ2) is 4.77. The van der Waals surface area contributed by atoms with Gasteiger partial charge < -0.3 is 10.0 Å². The van der Waals surface area contributed by atoms with Crippen LogP contribution in [0.4, 0.5) is 0 Å². The standard InChI is InChI=1S/C15H28N2O/c1-15(2,18)11-16-9-7-14-12(10-16)4-3-8-17(14)13-5-6-13/h12-14,18H,3-11H2,1-2H3. The van der Waals surface area contributed by atoms with E-state index >= 15 is 0 Å². The van der Waals surface area contributed by atoms with Crippen LogP contribution < -0.4 is 0 Å². The predicted octanol–water partition coefficient (Wildman–Crippen LogP) is 1.71. The molecule has 1 aliphatic carbocycles. The Hall–Kier alpha value is -0.120. The van der Waals surface area contributed by atoms with Gasteiger partial charge >= 0.3 is 0 Å². The van der Waals surface area contributed by atoms with Gasteiger partial charge in [-0.3, -0.25) is 4.90 Å². The summed E-state index contributed by atoms with van der Waals surface area (Å²) >= 11 is 0. The van der Waals surface area contributed by atoms with Crippen molar-refractivity contribution in [3.63, 3.8) is 0 Å². The van der Waals surface area contributed by atoms with Crippen LogP contribution in [0, 0.1) is 5.92 Å². The van der Waals surface area contributed by atoms with Gasteiger partial charge in [0, 0.05) is 25.2 Å². The summed E-state index contributed by atoms with van der Waals surface area (Å²) in [5.41, 5.74) is -0.544. The van der Waals surface area contributed by atoms with E-state index in [1.165, 1.54) is 51.7 Å². The molecule has 18 heavy (non-hydrogen) atoms. The lowest BCUT2D eigenvalue weighted by Gasteiger charge is -2.48. The first-order valence-electron chi connectivity index (χ1n) is 7.73. The van der Waals surface area contributed by atoms with Crippen molar-refractivity contribution in [1.82, 2.24) is 9.80 Å². The molecule has 2 atom stereocenters. The second-order valence-electron chi connectivity index (χ2n) is 7.27. The van der Waals surface area contributed by atoms with Crippen molar-refractivity contribution in [2.24, 2.45) is 5.92 Å². The van der Waals surface area contributed by atoms with Crippen molar-refractivity contribution >= 4 is 0 Å². The number of hydrogen-bond donors (Lipinski definition) is 1. The number of nitrogens with zero attached hydrogens (tertiary/aromatic N) is 2. The first kappa shape index (κ1) is 12.9. The Morgan fingerprint density at radius 3 is 2.56 bits per heavy atom. The number of β-amino-alcohol motifs (C(OH)–C–C–N with tert-alkyl or cyclic N) is 1. The highest BCUT2D eigenvalue weighted by Gasteiger charge is 2.42. The van der Waals surface area contributed by atoms with Crippen LogP contribution in [0.5, 0.6) is 0 Å². The van der Waals surface area contributed by atoms with Gasteiger partial charge in [0.15, 0.2) is 0 Å². The molecule has 2 unspecified atom stereocenters. The van der Waals surface area contributed by atoms with Crippen LogP contribution >= 0.6 is 0 Å². The van der Waals surface area contributed by atoms with Crippen molar-refractivity contribution in [2.75, 3.05) is 26.2 Å². The van der Waals surface area contributed by atoms with Crippen molar-refractivity contribution in [1.29, 1.82) is 0 Å². The molecule has 104 valence electrons. The van der Waals surface area contributed by atoms with E-state index in [2.05, 4.69) is 9.80 Å². The number of fused-ring (bicyclic) bond motifs is 1. The minimum absolute atomic E-state index is 0.544. The molecule has 2 heterocycles. The van der Waals surface area contributed by atoms with E-state index in [-0.39, 0.29) is 0 Å². The Balaban J connectivity index is 1.59. The van der Waals surface area contributed by atoms with E-state index in [1.54, 1.807) is 0 Å². The monoisotopic (exact) mass is 252 g/mol. The number of likely N-dealkylation sites (tertiary alicyclic amines) is 2. The number of piperidine rings is 2. The third kappa shape index (κ3) is 2.89. The topological polar surface area (TPSA) is 26.7 Å². The summed E-state index contributed by atoms with van der Waals surface area (Å²) in [6.07, 6.45) is 6.98. The zero-order valence-corrected chi connectivity index (χ0v) is 11.9. The molecule has 1 N–H and O–H groups in total. The Bertz CT molecular complexity index is 295. The van der Waals surface area contributed by atoms with Gasteiger partial charge in [0.05, 0.1) is 5.60 Å². The molecule has 0 radical (unpaired) electrons. The lowest BCUT2D eigenvalue weighted by atomic mass is 9.83. The lowest BCUT2D eigenvalue weighted by Crippen LogP contribution is -2.56. The van der Waals surface area contributed by atoms with Crippen molar-refractivity contribution < 1.29 is 5.11 Å². The molecule has 3 heteroatoms. The summed E-state index contributed by atoms with van der Waals surface area (Å²) in [6.45, 7) is 8.41. The molecule has 3 rings (SSSR count). The average molecular weight is 252 g/mol. The zero-order valence-electron chi connectivity index (χ0n) is 11.9. The van der Waals surface area contributed by atoms with Crippen LogP contribution in [0.2, 0.25) is 0 Å². The number of aliphatic hydroxyl groups is 1. The Labute approximate surface area is 111 Å². The van der Waals surface area contributed by atoms with Gasteiger partial charge in [0.2, 0.25) is 0 Å². The molecule has 3 fully saturated rings. The molecule has 3 nitrogen and oxygen atoms in total. The molecule has 0 aromatic rings. The molecule has 0 amide bonds. The summed E-state index contributed by atoms with van der Waals surface area (Å²) in [5.74, 6) is 0.857. The molecule has 0 bridgehead atoms. The maximum absolute atomic E-state index is 9.96. The van der Waals surface area contributed by atoms with Crippen molar-refractivity contribution in [2.45, 2.75) is 63.6 Å². The van der Waals surface area contributed by atoms with Crippen molar-refractivity contribution in [3.8, 4) is 0 Å². The van der Waals surface area contributed by atoms with Gasteiger partial charge in [-0.2, -0.15) is 0 Å². The van der Waals surface area contributed by atoms with Crippen LogP contribution in [0.25, 0.3) is 0 Å². The smallest absolute Gasteiger partial charge is 0.0718 e. The van der Waals surface area contributed by atoms with Gasteiger partial charge in [-0.1, -0.05) is 0 Å². The summed E-state index contributed by atoms with van der Waals surface area (Å²) in [7, 11) is 0. The first-order valence-corrected chi connectivity index (χ1v) is 7.73. The fourth-order valence-electron chi connectivity index (χ4n) is 4.07. The van der Waals surface area contributed by atoms with Gasteiger partial charge in [-0.15, -0.1) is 0 Å². The summed E-state index contributed by atoms with van der Waals surface area (Å²) < 4.78 is 0. The molecular formula is C15H28N2O. The summed E-state index contributed by atoms with van der Waals surface area (Å²) in [6, 6.07) is 1.78. The van der Waals surface area contributed by atoms with Crippen LogP contribution in [0.3, 0.4) is 0 Å². The van der Waals surface area contributed by atoms with Crippen molar-refractivity contribution in [3.05, 3.63) is 0 Å². The molecule has 0 aromatic heterocycles. The molecule has 2 aliphatic heterocycles. The van der Waals surface area contributed by atoms with E-state index < -0.39 is 5.60 Å². The van der Waals surface area contributed by atoms with Crippen LogP contribution in [-0.2, 0) is 0 Å². The molecular weight excluding hydrogens is 224 g/mol. The minimum atomic E-state index is -0.544. The fourth-order valence-corrected chi connectivity index (χ4v) is 4.07. The van der Waals surface area contributed by atoms with Gasteiger partial charge in [0.25, 0.3) is 0 Å². The minimum Gasteiger partial charge on any atom is -0.389 e. The average Bonchev–Trinajstić information content (AvgIpc) is 3.09. The van der Waals surface area contributed by atoms with Crippen LogP contribution in [-0.4, -0.2) is 58.8 Å². The zero-order chi connectivity index (χ0) is 12.8. The third-order valence-corrected chi connectivity index (χ3v) is 4.82. The fraction of sp³-hybridized carbons (Fsp3) is 1.00. The molecule has 3 aliphatic rings. The quantitative estimate of drug-likeness (QED) is 0.828. The summed E-state index contributed by atoms with van der Waals surface area (Å²) in [4.78, 5) is 5.30. The van der Waals surface area contributed by atoms with E-state index in [4.69, 9.17) is 0 Å². The highest BCUT2D eigenvalue weighted by molar-refractivity contribution is 4.97. The van der Waals surface area contributed by atoms with Gasteiger partial charge in [0.1, 0.15) is 0 Å². The van der Waals surface area contributed by atoms with Gasteiger partial charge in [-0.25, -0.2) is 0 Å². The second-order valence-corrected chi connectivity index (χ2v) is 7.27. The van der Waals surface area contributed by atoms with E-state index in [1.807, 2.05) is 13.8 Å². The van der Waals surface area contributed by atoms with E-state index in [0.717, 1.165) is 24.5 Å². The highest BCUT2D eigenvalue weighted by Crippen LogP contribution is 2.38. The number of hydrogen-bond acceptors (Lipinski definition) is 3. The predicted molar refractivity (Wildman–Crippen MR) is 73.6 cm³/mol. The molecule has 2 saturated heterocycles. The SMILES string of the molecule is CC(C)(O)CN1CCC2C(CCCN2C2CC2)C1. The summed E-state index contributed by atoms with van der Waals surface area (Å²) in [5, 5.41) is 9.96. The maximum Gasteiger partial charge on any atom is 0.0718 e. The largest absolute Gasteiger partial charge is 0.389 e. The Kier molecular flexibility index (Phi) is 3.41. The van der Waals surface area contributed by atoms with E-state index in [9.17, 15) is 5.11 Å². The van der Waals surface area contributed by atoms with Crippen LogP contribution in [0.15, 0.2) is 0 Å². The Morgan fingerprint density at radius 1 is 1.11 bits per heavy atom. The third-order valence-electron chi connectivity index (χ3n) is 4.82. The number of rotatable bonds is 3.